The van der Waals surface area contributed by atoms with E-state index in [9.17, 15) is 0 Å². The third kappa shape index (κ3) is 5.38. The summed E-state index contributed by atoms with van der Waals surface area (Å²) in [6, 6.07) is 10.8. The van der Waals surface area contributed by atoms with Gasteiger partial charge in [0.1, 0.15) is 0 Å². The molecule has 1 aromatic rings. The van der Waals surface area contributed by atoms with Gasteiger partial charge in [-0.25, -0.2) is 0 Å². The molecular weight excluding hydrogens is 262 g/mol. The van der Waals surface area contributed by atoms with Crippen molar-refractivity contribution in [1.29, 1.82) is 0 Å². The summed E-state index contributed by atoms with van der Waals surface area (Å²) in [6.45, 7) is 8.15. The molecule has 2 atom stereocenters. The molecule has 0 bridgehead atoms. The van der Waals surface area contributed by atoms with Gasteiger partial charge in [-0.05, 0) is 37.7 Å². The predicted octanol–water partition coefficient (Wildman–Crippen LogP) is 2.38. The van der Waals surface area contributed by atoms with Crippen molar-refractivity contribution in [3.8, 4) is 0 Å². The molecule has 0 aromatic heterocycles. The molecule has 2 rings (SSSR count). The van der Waals surface area contributed by atoms with Gasteiger partial charge in [0, 0.05) is 26.2 Å². The van der Waals surface area contributed by atoms with Gasteiger partial charge in [-0.15, -0.1) is 0 Å². The minimum Gasteiger partial charge on any atom is -0.380 e. The largest absolute Gasteiger partial charge is 0.380 e. The van der Waals surface area contributed by atoms with Crippen LogP contribution >= 0.6 is 0 Å². The molecule has 0 aliphatic heterocycles. The van der Waals surface area contributed by atoms with Crippen LogP contribution in [0.2, 0.25) is 0 Å². The molecule has 21 heavy (non-hydrogen) atoms. The standard InChI is InChI=1S/C17H27N3O/c1-3-18-17(19-10-11-21-4-2)20-13-15-12-16(15)14-8-6-5-7-9-14/h5-9,15-16H,3-4,10-13H2,1-2H3,(H2,18,19,20). The molecule has 0 amide bonds. The van der Waals surface area contributed by atoms with Gasteiger partial charge >= 0.3 is 0 Å². The van der Waals surface area contributed by atoms with Crippen LogP contribution in [-0.2, 0) is 4.74 Å². The Morgan fingerprint density at radius 1 is 1.24 bits per heavy atom. The van der Waals surface area contributed by atoms with Crippen molar-refractivity contribution in [2.75, 3.05) is 32.8 Å². The van der Waals surface area contributed by atoms with Crippen LogP contribution in [0, 0.1) is 5.92 Å². The maximum atomic E-state index is 5.33. The van der Waals surface area contributed by atoms with E-state index in [2.05, 4.69) is 52.9 Å². The minimum absolute atomic E-state index is 0.690. The number of hydrogen-bond donors (Lipinski definition) is 2. The molecular formula is C17H27N3O. The Balaban J connectivity index is 1.75. The lowest BCUT2D eigenvalue weighted by Gasteiger charge is -2.11. The summed E-state index contributed by atoms with van der Waals surface area (Å²) in [6.07, 6.45) is 1.26. The molecule has 4 heteroatoms. The molecule has 0 saturated heterocycles. The quantitative estimate of drug-likeness (QED) is 0.439. The summed E-state index contributed by atoms with van der Waals surface area (Å²) < 4.78 is 5.33. The number of nitrogens with one attached hydrogen (secondary N) is 2. The SMILES string of the molecule is CCNC(=NCC1CC1c1ccccc1)NCCOCC. The van der Waals surface area contributed by atoms with E-state index in [1.807, 2.05) is 6.92 Å². The fourth-order valence-electron chi connectivity index (χ4n) is 2.49. The minimum atomic E-state index is 0.690. The Morgan fingerprint density at radius 2 is 2.05 bits per heavy atom. The summed E-state index contributed by atoms with van der Waals surface area (Å²) in [5.74, 6) is 2.28. The van der Waals surface area contributed by atoms with Gasteiger partial charge in [-0.2, -0.15) is 0 Å². The summed E-state index contributed by atoms with van der Waals surface area (Å²) in [7, 11) is 0. The highest BCUT2D eigenvalue weighted by molar-refractivity contribution is 5.79. The average molecular weight is 289 g/mol. The molecule has 1 aliphatic carbocycles. The van der Waals surface area contributed by atoms with Crippen LogP contribution in [0.5, 0.6) is 0 Å². The second-order valence-electron chi connectivity index (χ2n) is 5.36. The molecule has 0 heterocycles. The van der Waals surface area contributed by atoms with Crippen LogP contribution in [0.3, 0.4) is 0 Å². The molecule has 1 aromatic carbocycles. The summed E-state index contributed by atoms with van der Waals surface area (Å²) in [5, 5.41) is 6.59. The zero-order valence-electron chi connectivity index (χ0n) is 13.1. The molecule has 1 fully saturated rings. The number of guanidine groups is 1. The zero-order chi connectivity index (χ0) is 14.9. The average Bonchev–Trinajstić information content (AvgIpc) is 3.29. The van der Waals surface area contributed by atoms with Crippen molar-refractivity contribution in [2.45, 2.75) is 26.2 Å². The molecule has 4 nitrogen and oxygen atoms in total. The summed E-state index contributed by atoms with van der Waals surface area (Å²) in [4.78, 5) is 4.69. The van der Waals surface area contributed by atoms with Crippen molar-refractivity contribution in [1.82, 2.24) is 10.6 Å². The van der Waals surface area contributed by atoms with Crippen LogP contribution in [-0.4, -0.2) is 38.8 Å². The Bertz CT molecular complexity index is 433. The van der Waals surface area contributed by atoms with Crippen LogP contribution in [0.4, 0.5) is 0 Å². The highest BCUT2D eigenvalue weighted by Gasteiger charge is 2.37. The van der Waals surface area contributed by atoms with Crippen molar-refractivity contribution < 1.29 is 4.74 Å². The van der Waals surface area contributed by atoms with Gasteiger partial charge in [0.05, 0.1) is 6.61 Å². The van der Waals surface area contributed by atoms with E-state index in [1.165, 1.54) is 12.0 Å². The molecule has 2 unspecified atom stereocenters. The number of hydrogen-bond acceptors (Lipinski definition) is 2. The van der Waals surface area contributed by atoms with E-state index in [4.69, 9.17) is 4.74 Å². The fraction of sp³-hybridized carbons (Fsp3) is 0.588. The van der Waals surface area contributed by atoms with Crippen molar-refractivity contribution >= 4 is 5.96 Å². The Hall–Kier alpha value is -1.55. The van der Waals surface area contributed by atoms with Gasteiger partial charge in [-0.1, -0.05) is 30.3 Å². The Labute approximate surface area is 128 Å². The maximum absolute atomic E-state index is 5.33. The van der Waals surface area contributed by atoms with E-state index in [-0.39, 0.29) is 0 Å². The maximum Gasteiger partial charge on any atom is 0.191 e. The van der Waals surface area contributed by atoms with Gasteiger partial charge in [0.2, 0.25) is 0 Å². The summed E-state index contributed by atoms with van der Waals surface area (Å²) in [5.41, 5.74) is 1.45. The number of ether oxygens (including phenoxy) is 1. The number of rotatable bonds is 8. The van der Waals surface area contributed by atoms with Gasteiger partial charge in [-0.3, -0.25) is 4.99 Å². The number of nitrogens with zero attached hydrogens (tertiary/aromatic N) is 1. The van der Waals surface area contributed by atoms with Crippen LogP contribution in [0.25, 0.3) is 0 Å². The van der Waals surface area contributed by atoms with Crippen LogP contribution in [0.1, 0.15) is 31.7 Å². The highest BCUT2D eigenvalue weighted by Crippen LogP contribution is 2.47. The fourth-order valence-corrected chi connectivity index (χ4v) is 2.49. The summed E-state index contributed by atoms with van der Waals surface area (Å²) >= 11 is 0. The number of benzene rings is 1. The van der Waals surface area contributed by atoms with Gasteiger partial charge in [0.25, 0.3) is 0 Å². The Kier molecular flexibility index (Phi) is 6.54. The number of aliphatic imine (C=N–C) groups is 1. The first-order valence-electron chi connectivity index (χ1n) is 8.00. The second kappa shape index (κ2) is 8.67. The lowest BCUT2D eigenvalue weighted by Crippen LogP contribution is -2.39. The van der Waals surface area contributed by atoms with E-state index in [0.29, 0.717) is 11.8 Å². The van der Waals surface area contributed by atoms with Crippen molar-refractivity contribution in [2.24, 2.45) is 10.9 Å². The van der Waals surface area contributed by atoms with Gasteiger partial charge in [0.15, 0.2) is 5.96 Å². The first-order chi connectivity index (χ1) is 10.3. The van der Waals surface area contributed by atoms with Gasteiger partial charge < -0.3 is 15.4 Å². The lowest BCUT2D eigenvalue weighted by atomic mass is 10.1. The highest BCUT2D eigenvalue weighted by atomic mass is 16.5. The van der Waals surface area contributed by atoms with Crippen molar-refractivity contribution in [3.63, 3.8) is 0 Å². The van der Waals surface area contributed by atoms with E-state index in [0.717, 1.165) is 38.8 Å². The molecule has 0 spiro atoms. The van der Waals surface area contributed by atoms with Crippen LogP contribution in [0.15, 0.2) is 35.3 Å². The van der Waals surface area contributed by atoms with E-state index < -0.39 is 0 Å². The molecule has 2 N–H and O–H groups in total. The second-order valence-corrected chi connectivity index (χ2v) is 5.36. The first kappa shape index (κ1) is 15.8. The molecule has 116 valence electrons. The van der Waals surface area contributed by atoms with E-state index >= 15 is 0 Å². The van der Waals surface area contributed by atoms with Crippen LogP contribution < -0.4 is 10.6 Å². The molecule has 0 radical (unpaired) electrons. The lowest BCUT2D eigenvalue weighted by molar-refractivity contribution is 0.152. The third-order valence-electron chi connectivity index (χ3n) is 3.72. The Morgan fingerprint density at radius 3 is 2.76 bits per heavy atom. The molecule has 1 saturated carbocycles. The topological polar surface area (TPSA) is 45.7 Å². The normalized spacial score (nSPS) is 21.1. The smallest absolute Gasteiger partial charge is 0.191 e. The monoisotopic (exact) mass is 289 g/mol. The third-order valence-corrected chi connectivity index (χ3v) is 3.72. The van der Waals surface area contributed by atoms with E-state index in [1.54, 1.807) is 0 Å². The van der Waals surface area contributed by atoms with Crippen molar-refractivity contribution in [3.05, 3.63) is 35.9 Å². The molecule has 1 aliphatic rings. The zero-order valence-corrected chi connectivity index (χ0v) is 13.1. The predicted molar refractivity (Wildman–Crippen MR) is 87.8 cm³/mol. The first-order valence-corrected chi connectivity index (χ1v) is 8.00.